The molecule has 0 bridgehead atoms. The van der Waals surface area contributed by atoms with E-state index in [0.29, 0.717) is 32.1 Å². The first-order chi connectivity index (χ1) is 15.2. The number of aliphatic hydroxyl groups excluding tert-OH is 1. The number of para-hydroxylation sites is 1. The highest BCUT2D eigenvalue weighted by Crippen LogP contribution is 2.16. The van der Waals surface area contributed by atoms with Crippen molar-refractivity contribution >= 4 is 17.6 Å². The van der Waals surface area contributed by atoms with E-state index in [0.717, 1.165) is 18.7 Å². The number of carbonyl (C=O) groups excluding carboxylic acids is 1. The summed E-state index contributed by atoms with van der Waals surface area (Å²) in [6.07, 6.45) is 0. The van der Waals surface area contributed by atoms with Crippen LogP contribution in [0.15, 0.2) is 65.7 Å². The summed E-state index contributed by atoms with van der Waals surface area (Å²) in [6, 6.07) is 20.2. The molecule has 3 rings (SSSR count). The van der Waals surface area contributed by atoms with Gasteiger partial charge in [-0.25, -0.2) is 4.99 Å². The van der Waals surface area contributed by atoms with E-state index in [1.807, 2.05) is 60.4 Å². The van der Waals surface area contributed by atoms with Crippen LogP contribution in [0.3, 0.4) is 0 Å². The zero-order chi connectivity index (χ0) is 21.9. The summed E-state index contributed by atoms with van der Waals surface area (Å²) in [7, 11) is 0. The van der Waals surface area contributed by atoms with Crippen molar-refractivity contribution in [2.24, 2.45) is 4.99 Å². The number of carbonyl (C=O) groups is 1. The highest BCUT2D eigenvalue weighted by molar-refractivity contribution is 5.85. The molecular weight excluding hydrogens is 390 g/mol. The average Bonchev–Trinajstić information content (AvgIpc) is 2.84. The second-order valence-electron chi connectivity index (χ2n) is 7.57. The van der Waals surface area contributed by atoms with Crippen LogP contribution >= 0.6 is 0 Å². The Labute approximate surface area is 184 Å². The Balaban J connectivity index is 1.50. The smallest absolute Gasteiger partial charge is 0.244 e. The van der Waals surface area contributed by atoms with Crippen molar-refractivity contribution in [2.45, 2.75) is 12.8 Å². The zero-order valence-electron chi connectivity index (χ0n) is 18.2. The predicted molar refractivity (Wildman–Crippen MR) is 125 cm³/mol. The van der Waals surface area contributed by atoms with Crippen LogP contribution in [0.2, 0.25) is 0 Å². The van der Waals surface area contributed by atoms with Crippen LogP contribution in [0.5, 0.6) is 0 Å². The molecule has 1 heterocycles. The quantitative estimate of drug-likeness (QED) is 0.445. The third-order valence-electron chi connectivity index (χ3n) is 5.48. The van der Waals surface area contributed by atoms with Crippen molar-refractivity contribution in [2.75, 3.05) is 57.3 Å². The van der Waals surface area contributed by atoms with Crippen LogP contribution < -0.4 is 15.5 Å². The van der Waals surface area contributed by atoms with Gasteiger partial charge < -0.3 is 25.5 Å². The number of aliphatic hydroxyl groups is 1. The number of nitrogens with zero attached hydrogens (tertiary/aromatic N) is 3. The van der Waals surface area contributed by atoms with E-state index in [2.05, 4.69) is 32.7 Å². The first kappa shape index (κ1) is 22.6. The summed E-state index contributed by atoms with van der Waals surface area (Å²) in [6.45, 7) is 6.43. The Hall–Kier alpha value is -3.06. The van der Waals surface area contributed by atoms with Gasteiger partial charge in [-0.2, -0.15) is 0 Å². The number of benzene rings is 2. The fraction of sp³-hybridized carbons (Fsp3) is 0.417. The molecule has 31 heavy (non-hydrogen) atoms. The van der Waals surface area contributed by atoms with Crippen LogP contribution in [0.25, 0.3) is 0 Å². The van der Waals surface area contributed by atoms with Gasteiger partial charge >= 0.3 is 0 Å². The lowest BCUT2D eigenvalue weighted by Crippen LogP contribution is -2.49. The van der Waals surface area contributed by atoms with Gasteiger partial charge in [-0.05, 0) is 24.6 Å². The maximum Gasteiger partial charge on any atom is 0.244 e. The van der Waals surface area contributed by atoms with Crippen molar-refractivity contribution in [3.05, 3.63) is 66.2 Å². The lowest BCUT2D eigenvalue weighted by molar-refractivity contribution is -0.129. The van der Waals surface area contributed by atoms with Crippen molar-refractivity contribution < 1.29 is 9.90 Å². The third kappa shape index (κ3) is 6.72. The molecule has 1 amide bonds. The summed E-state index contributed by atoms with van der Waals surface area (Å²) in [5, 5.41) is 16.2. The first-order valence-electron chi connectivity index (χ1n) is 11.0. The van der Waals surface area contributed by atoms with E-state index >= 15 is 0 Å². The number of anilines is 1. The summed E-state index contributed by atoms with van der Waals surface area (Å²) >= 11 is 0. The largest absolute Gasteiger partial charge is 0.396 e. The van der Waals surface area contributed by atoms with Crippen LogP contribution in [0.1, 0.15) is 18.4 Å². The van der Waals surface area contributed by atoms with E-state index in [1.165, 1.54) is 5.69 Å². The number of guanidine groups is 1. The number of amides is 1. The first-order valence-corrected chi connectivity index (χ1v) is 11.0. The van der Waals surface area contributed by atoms with Crippen molar-refractivity contribution in [1.29, 1.82) is 0 Å². The van der Waals surface area contributed by atoms with E-state index in [9.17, 15) is 9.90 Å². The van der Waals surface area contributed by atoms with Gasteiger partial charge in [0.2, 0.25) is 5.91 Å². The third-order valence-corrected chi connectivity index (χ3v) is 5.48. The SMILES string of the molecule is CCNC(=NCC(=O)N1CCN(c2ccccc2)CC1)NCC(CO)c1ccccc1. The maximum atomic E-state index is 12.7. The normalized spacial score (nSPS) is 15.5. The number of hydrogen-bond donors (Lipinski definition) is 3. The molecule has 0 saturated carbocycles. The molecule has 166 valence electrons. The minimum Gasteiger partial charge on any atom is -0.396 e. The minimum absolute atomic E-state index is 0.0340. The summed E-state index contributed by atoms with van der Waals surface area (Å²) < 4.78 is 0. The van der Waals surface area contributed by atoms with Crippen LogP contribution in [-0.2, 0) is 4.79 Å². The van der Waals surface area contributed by atoms with Gasteiger partial charge in [-0.15, -0.1) is 0 Å². The topological polar surface area (TPSA) is 80.2 Å². The van der Waals surface area contributed by atoms with Gasteiger partial charge in [-0.1, -0.05) is 48.5 Å². The highest BCUT2D eigenvalue weighted by atomic mass is 16.3. The number of piperazine rings is 1. The Bertz CT molecular complexity index is 820. The Morgan fingerprint density at radius 1 is 1.00 bits per heavy atom. The standard InChI is InChI=1S/C24H33N5O2/c1-2-25-24(26-17-21(19-30)20-9-5-3-6-10-20)27-18-23(31)29-15-13-28(14-16-29)22-11-7-4-8-12-22/h3-12,21,30H,2,13-19H2,1H3,(H2,25,26,27). The van der Waals surface area contributed by atoms with Gasteiger partial charge in [0.1, 0.15) is 6.54 Å². The monoisotopic (exact) mass is 423 g/mol. The average molecular weight is 424 g/mol. The molecule has 1 atom stereocenters. The van der Waals surface area contributed by atoms with E-state index in [1.54, 1.807) is 0 Å². The van der Waals surface area contributed by atoms with E-state index in [-0.39, 0.29) is 25.0 Å². The summed E-state index contributed by atoms with van der Waals surface area (Å²) in [5.74, 6) is 0.589. The van der Waals surface area contributed by atoms with Gasteiger partial charge in [0.15, 0.2) is 5.96 Å². The number of nitrogens with one attached hydrogen (secondary N) is 2. The number of rotatable bonds is 8. The van der Waals surface area contributed by atoms with Crippen LogP contribution in [-0.4, -0.2) is 74.3 Å². The minimum atomic E-state index is -0.0354. The second kappa shape index (κ2) is 12.0. The molecule has 1 aliphatic heterocycles. The highest BCUT2D eigenvalue weighted by Gasteiger charge is 2.21. The van der Waals surface area contributed by atoms with E-state index < -0.39 is 0 Å². The molecule has 7 heteroatoms. The second-order valence-corrected chi connectivity index (χ2v) is 7.57. The molecule has 3 N–H and O–H groups in total. The summed E-state index contributed by atoms with van der Waals surface area (Å²) in [4.78, 5) is 21.3. The Morgan fingerprint density at radius 3 is 2.26 bits per heavy atom. The molecule has 0 aromatic heterocycles. The van der Waals surface area contributed by atoms with Gasteiger partial charge in [0.05, 0.1) is 6.61 Å². The molecule has 1 aliphatic rings. The number of aliphatic imine (C=N–C) groups is 1. The number of hydrogen-bond acceptors (Lipinski definition) is 4. The van der Waals surface area contributed by atoms with E-state index in [4.69, 9.17) is 0 Å². The van der Waals surface area contributed by atoms with Gasteiger partial charge in [0.25, 0.3) is 0 Å². The van der Waals surface area contributed by atoms with Crippen molar-refractivity contribution in [1.82, 2.24) is 15.5 Å². The molecule has 1 saturated heterocycles. The molecule has 7 nitrogen and oxygen atoms in total. The molecule has 0 spiro atoms. The van der Waals surface area contributed by atoms with Crippen molar-refractivity contribution in [3.63, 3.8) is 0 Å². The van der Waals surface area contributed by atoms with Crippen LogP contribution in [0.4, 0.5) is 5.69 Å². The van der Waals surface area contributed by atoms with Crippen molar-refractivity contribution in [3.8, 4) is 0 Å². The predicted octanol–water partition coefficient (Wildman–Crippen LogP) is 1.67. The molecule has 1 fully saturated rings. The Morgan fingerprint density at radius 2 is 1.65 bits per heavy atom. The fourth-order valence-electron chi connectivity index (χ4n) is 3.67. The fourth-order valence-corrected chi connectivity index (χ4v) is 3.67. The van der Waals surface area contributed by atoms with Gasteiger partial charge in [-0.3, -0.25) is 4.79 Å². The summed E-state index contributed by atoms with van der Waals surface area (Å²) in [5.41, 5.74) is 2.27. The molecular formula is C24H33N5O2. The Kier molecular flexibility index (Phi) is 8.72. The lowest BCUT2D eigenvalue weighted by Gasteiger charge is -2.36. The maximum absolute atomic E-state index is 12.7. The molecule has 0 radical (unpaired) electrons. The lowest BCUT2D eigenvalue weighted by atomic mass is 10.0. The molecule has 0 aliphatic carbocycles. The molecule has 2 aromatic rings. The molecule has 2 aromatic carbocycles. The van der Waals surface area contributed by atoms with Crippen LogP contribution in [0, 0.1) is 0 Å². The molecule has 1 unspecified atom stereocenters. The van der Waals surface area contributed by atoms with Gasteiger partial charge in [0, 0.05) is 50.9 Å². The zero-order valence-corrected chi connectivity index (χ0v) is 18.2.